The summed E-state index contributed by atoms with van der Waals surface area (Å²) in [7, 11) is 2.48. The molecule has 5 aromatic rings. The smallest absolute Gasteiger partial charge is 0.407 e. The second-order valence-electron chi connectivity index (χ2n) is 16.1. The van der Waals surface area contributed by atoms with Crippen molar-refractivity contribution in [2.45, 2.75) is 110 Å². The predicted octanol–water partition coefficient (Wildman–Crippen LogP) is 6.55. The largest absolute Gasteiger partial charge is 0.488 e. The van der Waals surface area contributed by atoms with E-state index in [0.717, 1.165) is 81.2 Å². The summed E-state index contributed by atoms with van der Waals surface area (Å²) in [5.74, 6) is 1.16. The maximum Gasteiger partial charge on any atom is 0.407 e. The van der Waals surface area contributed by atoms with Gasteiger partial charge in [-0.1, -0.05) is 51.8 Å². The number of hydrogen-bond donors (Lipinski definition) is 6. The lowest BCUT2D eigenvalue weighted by atomic mass is 9.92. The van der Waals surface area contributed by atoms with Gasteiger partial charge in [-0.25, -0.2) is 19.6 Å². The highest BCUT2D eigenvalue weighted by molar-refractivity contribution is 6.07. The lowest BCUT2D eigenvalue weighted by Gasteiger charge is -2.32. The summed E-state index contributed by atoms with van der Waals surface area (Å²) in [4.78, 5) is 69.6. The number of aliphatic hydroxyl groups excluding tert-OH is 1. The Morgan fingerprint density at radius 2 is 1.70 bits per heavy atom. The standard InChI is InChI=1S/C44H54N8O8/c1-8-9-10-32(48-41(54)37(24(5)53)51-44(57)59-7)39-45-20-33(47-39)26-12-14-28-27(17-26)21-60-35-19-29-25(18-30(28)35)13-15-31-38(29)49-40(46-31)34-16-11-23(4)52(34)42(55)36(22(2)3)50-43(56)58-6/h12-15,17-20,22-24,32,34,36-37,53H,8-11,16,21H2,1-7H3,(H,45,47)(H,46,49)(H,48,54)(H,50,56)(H,51,57). The van der Waals surface area contributed by atoms with Crippen LogP contribution in [0, 0.1) is 5.92 Å². The van der Waals surface area contributed by atoms with Crippen molar-refractivity contribution >= 4 is 45.8 Å². The number of ether oxygens (including phenoxy) is 3. The second-order valence-corrected chi connectivity index (χ2v) is 16.1. The number of aromatic amines is 2. The Morgan fingerprint density at radius 3 is 2.40 bits per heavy atom. The summed E-state index contributed by atoms with van der Waals surface area (Å²) in [5, 5.41) is 20.2. The maximum atomic E-state index is 14.0. The number of nitrogens with one attached hydrogen (secondary N) is 5. The molecule has 2 aliphatic heterocycles. The number of aliphatic hydroxyl groups is 1. The first kappa shape index (κ1) is 42.0. The molecule has 0 aliphatic carbocycles. The monoisotopic (exact) mass is 822 g/mol. The van der Waals surface area contributed by atoms with Crippen LogP contribution in [-0.2, 0) is 25.7 Å². The third kappa shape index (κ3) is 8.33. The average Bonchev–Trinajstić information content (AvgIpc) is 4.00. The molecule has 4 heterocycles. The number of carbonyl (C=O) groups excluding carboxylic acids is 4. The molecule has 318 valence electrons. The summed E-state index contributed by atoms with van der Waals surface area (Å²) < 4.78 is 15.8. The number of benzene rings is 3. The van der Waals surface area contributed by atoms with Crippen molar-refractivity contribution in [3.63, 3.8) is 0 Å². The fourth-order valence-electron chi connectivity index (χ4n) is 8.31. The molecule has 2 aromatic heterocycles. The van der Waals surface area contributed by atoms with Gasteiger partial charge < -0.3 is 50.1 Å². The zero-order valence-corrected chi connectivity index (χ0v) is 35.0. The van der Waals surface area contributed by atoms with Crippen LogP contribution < -0.4 is 20.7 Å². The van der Waals surface area contributed by atoms with Gasteiger partial charge in [0.2, 0.25) is 11.8 Å². The zero-order valence-electron chi connectivity index (χ0n) is 35.0. The van der Waals surface area contributed by atoms with Crippen molar-refractivity contribution in [2.24, 2.45) is 5.92 Å². The number of carbonyl (C=O) groups is 4. The molecule has 16 heteroatoms. The number of rotatable bonds is 13. The van der Waals surface area contributed by atoms with E-state index >= 15 is 0 Å². The number of unbranched alkanes of at least 4 members (excludes halogenated alkanes) is 1. The SMILES string of the molecule is CCCCC(NC(=O)C(NC(=O)OC)C(C)O)c1ncc(-c2ccc3c(c2)COc2cc4c(ccc5[nH]c(C6CCC(C)N6C(=O)C(NC(=O)OC)C(C)C)nc54)cc2-3)[nH]1. The molecule has 0 radical (unpaired) electrons. The number of aromatic nitrogens is 4. The molecular weight excluding hydrogens is 769 g/mol. The number of imidazole rings is 2. The van der Waals surface area contributed by atoms with Crippen molar-refractivity contribution in [3.05, 3.63) is 65.9 Å². The van der Waals surface area contributed by atoms with E-state index in [4.69, 9.17) is 14.5 Å². The Kier molecular flexibility index (Phi) is 12.3. The van der Waals surface area contributed by atoms with Crippen molar-refractivity contribution in [1.29, 1.82) is 0 Å². The van der Waals surface area contributed by atoms with Crippen LogP contribution in [0.4, 0.5) is 9.59 Å². The number of fused-ring (bicyclic) bond motifs is 6. The van der Waals surface area contributed by atoms with Gasteiger partial charge in [-0.05, 0) is 85.4 Å². The van der Waals surface area contributed by atoms with E-state index in [2.05, 4.69) is 66.8 Å². The molecule has 6 atom stereocenters. The molecule has 1 fully saturated rings. The van der Waals surface area contributed by atoms with Crippen molar-refractivity contribution < 1.29 is 38.5 Å². The minimum absolute atomic E-state index is 0.0347. The summed E-state index contributed by atoms with van der Waals surface area (Å²) in [5.41, 5.74) is 6.33. The number of hydrogen-bond acceptors (Lipinski definition) is 10. The summed E-state index contributed by atoms with van der Waals surface area (Å²) in [6, 6.07) is 11.7. The van der Waals surface area contributed by atoms with E-state index in [-0.39, 0.29) is 23.9 Å². The van der Waals surface area contributed by atoms with Crippen LogP contribution >= 0.6 is 0 Å². The van der Waals surface area contributed by atoms with E-state index in [9.17, 15) is 24.3 Å². The third-order valence-corrected chi connectivity index (χ3v) is 11.6. The fraction of sp³-hybridized carbons (Fsp3) is 0.455. The van der Waals surface area contributed by atoms with Crippen LogP contribution in [0.3, 0.4) is 0 Å². The van der Waals surface area contributed by atoms with Crippen molar-refractivity contribution in [3.8, 4) is 28.1 Å². The third-order valence-electron chi connectivity index (χ3n) is 11.6. The first-order chi connectivity index (χ1) is 28.8. The Morgan fingerprint density at radius 1 is 0.950 bits per heavy atom. The van der Waals surface area contributed by atoms with Crippen molar-refractivity contribution in [2.75, 3.05) is 14.2 Å². The highest BCUT2D eigenvalue weighted by Gasteiger charge is 2.41. The van der Waals surface area contributed by atoms with Gasteiger partial charge in [0.15, 0.2) is 0 Å². The second kappa shape index (κ2) is 17.6. The molecule has 60 heavy (non-hydrogen) atoms. The Labute approximate surface area is 348 Å². The number of nitrogens with zero attached hydrogens (tertiary/aromatic N) is 3. The van der Waals surface area contributed by atoms with E-state index in [1.165, 1.54) is 21.1 Å². The number of alkyl carbamates (subject to hydrolysis) is 2. The Bertz CT molecular complexity index is 2410. The highest BCUT2D eigenvalue weighted by atomic mass is 16.5. The number of methoxy groups -OCH3 is 2. The number of likely N-dealkylation sites (tertiary alicyclic amines) is 1. The van der Waals surface area contributed by atoms with Gasteiger partial charge in [0.05, 0.1) is 55.3 Å². The van der Waals surface area contributed by atoms with Gasteiger partial charge in [0, 0.05) is 17.0 Å². The van der Waals surface area contributed by atoms with Gasteiger partial charge in [-0.3, -0.25) is 9.59 Å². The van der Waals surface area contributed by atoms with Gasteiger partial charge in [0.1, 0.15) is 36.1 Å². The normalized spacial score (nSPS) is 17.9. The molecule has 4 amide bonds. The van der Waals surface area contributed by atoms with E-state index in [0.29, 0.717) is 24.7 Å². The van der Waals surface area contributed by atoms with Crippen LogP contribution in [0.1, 0.15) is 96.0 Å². The number of amides is 4. The number of H-pyrrole nitrogens is 2. The minimum atomic E-state index is -1.20. The molecule has 0 saturated carbocycles. The van der Waals surface area contributed by atoms with Crippen molar-refractivity contribution in [1.82, 2.24) is 40.8 Å². The molecule has 0 spiro atoms. The van der Waals surface area contributed by atoms with Gasteiger partial charge in [-0.15, -0.1) is 0 Å². The van der Waals surface area contributed by atoms with Crippen LogP contribution in [0.15, 0.2) is 48.7 Å². The van der Waals surface area contributed by atoms with Crippen LogP contribution in [-0.4, -0.2) is 92.4 Å². The van der Waals surface area contributed by atoms with Crippen LogP contribution in [0.2, 0.25) is 0 Å². The van der Waals surface area contributed by atoms with E-state index in [1.807, 2.05) is 43.9 Å². The topological polar surface area (TPSA) is 213 Å². The first-order valence-electron chi connectivity index (χ1n) is 20.6. The highest BCUT2D eigenvalue weighted by Crippen LogP contribution is 2.43. The molecule has 6 unspecified atom stereocenters. The average molecular weight is 823 g/mol. The Hall–Kier alpha value is -6.16. The van der Waals surface area contributed by atoms with E-state index < -0.39 is 42.3 Å². The molecule has 7 rings (SSSR count). The summed E-state index contributed by atoms with van der Waals surface area (Å²) in [6.07, 6.45) is 2.98. The minimum Gasteiger partial charge on any atom is -0.488 e. The first-order valence-corrected chi connectivity index (χ1v) is 20.6. The predicted molar refractivity (Wildman–Crippen MR) is 225 cm³/mol. The van der Waals surface area contributed by atoms with Gasteiger partial charge in [-0.2, -0.15) is 0 Å². The molecule has 16 nitrogen and oxygen atoms in total. The van der Waals surface area contributed by atoms with Gasteiger partial charge in [0.25, 0.3) is 0 Å². The Balaban J connectivity index is 1.13. The molecule has 6 N–H and O–H groups in total. The van der Waals surface area contributed by atoms with Crippen LogP contribution in [0.5, 0.6) is 5.75 Å². The molecule has 3 aromatic carbocycles. The molecule has 0 bridgehead atoms. The van der Waals surface area contributed by atoms with E-state index in [1.54, 1.807) is 6.20 Å². The summed E-state index contributed by atoms with van der Waals surface area (Å²) >= 11 is 0. The quantitative estimate of drug-likeness (QED) is 0.0754. The lowest BCUT2D eigenvalue weighted by molar-refractivity contribution is -0.137. The molecular formula is C44H54N8O8. The maximum absolute atomic E-state index is 14.0. The molecule has 2 aliphatic rings. The summed E-state index contributed by atoms with van der Waals surface area (Å²) in [6.45, 7) is 9.66. The molecule has 1 saturated heterocycles. The van der Waals surface area contributed by atoms with Crippen LogP contribution in [0.25, 0.3) is 44.2 Å². The fourth-order valence-corrected chi connectivity index (χ4v) is 8.31. The van der Waals surface area contributed by atoms with Gasteiger partial charge >= 0.3 is 12.2 Å². The zero-order chi connectivity index (χ0) is 42.8. The lowest BCUT2D eigenvalue weighted by Crippen LogP contribution is -2.53.